The van der Waals surface area contributed by atoms with Gasteiger partial charge in [0.2, 0.25) is 5.82 Å². The standard InChI is InChI=1S/C21H24N2O2S/c1-5-25-20(24)17-14-22-19(23-15-17)11-8-16-6-9-18(10-7-16)26-13-12-21(2,3)4/h6-7,9-10,14-15H,5,12-13H2,1-4H3. The van der Waals surface area contributed by atoms with Crippen LogP contribution in [-0.2, 0) is 4.74 Å². The normalized spacial score (nSPS) is 10.8. The Kier molecular flexibility index (Phi) is 7.23. The lowest BCUT2D eigenvalue weighted by Crippen LogP contribution is -2.06. The molecule has 0 saturated carbocycles. The molecule has 0 fully saturated rings. The number of thioether (sulfide) groups is 1. The zero-order chi connectivity index (χ0) is 19.0. The van der Waals surface area contributed by atoms with Crippen LogP contribution in [0.2, 0.25) is 0 Å². The Morgan fingerprint density at radius 2 is 1.77 bits per heavy atom. The Labute approximate surface area is 159 Å². The molecule has 5 heteroatoms. The van der Waals surface area contributed by atoms with Crippen LogP contribution in [0, 0.1) is 17.3 Å². The highest BCUT2D eigenvalue weighted by atomic mass is 32.2. The van der Waals surface area contributed by atoms with Crippen LogP contribution in [0.3, 0.4) is 0 Å². The molecule has 0 N–H and O–H groups in total. The van der Waals surface area contributed by atoms with E-state index in [0.717, 1.165) is 11.3 Å². The Balaban J connectivity index is 1.94. The summed E-state index contributed by atoms with van der Waals surface area (Å²) >= 11 is 1.86. The van der Waals surface area contributed by atoms with Gasteiger partial charge in [0.15, 0.2) is 0 Å². The number of benzene rings is 1. The van der Waals surface area contributed by atoms with Crippen molar-refractivity contribution in [3.8, 4) is 11.8 Å². The minimum atomic E-state index is -0.424. The maximum Gasteiger partial charge on any atom is 0.341 e. The maximum atomic E-state index is 11.6. The van der Waals surface area contributed by atoms with E-state index in [9.17, 15) is 4.79 Å². The highest BCUT2D eigenvalue weighted by Gasteiger charge is 2.09. The first-order valence-corrected chi connectivity index (χ1v) is 9.60. The lowest BCUT2D eigenvalue weighted by Gasteiger charge is -2.17. The van der Waals surface area contributed by atoms with Crippen LogP contribution < -0.4 is 0 Å². The number of rotatable bonds is 5. The number of nitrogens with zero attached hydrogens (tertiary/aromatic N) is 2. The molecule has 0 amide bonds. The topological polar surface area (TPSA) is 52.1 Å². The second-order valence-corrected chi connectivity index (χ2v) is 8.12. The van der Waals surface area contributed by atoms with E-state index in [-0.39, 0.29) is 0 Å². The summed E-state index contributed by atoms with van der Waals surface area (Å²) in [6.07, 6.45) is 4.05. The van der Waals surface area contributed by atoms with Gasteiger partial charge in [-0.25, -0.2) is 14.8 Å². The third kappa shape index (κ3) is 6.89. The predicted molar refractivity (Wildman–Crippen MR) is 105 cm³/mol. The molecule has 2 rings (SSSR count). The van der Waals surface area contributed by atoms with Gasteiger partial charge in [0.05, 0.1) is 12.2 Å². The second kappa shape index (κ2) is 9.40. The van der Waals surface area contributed by atoms with Crippen LogP contribution in [0.4, 0.5) is 0 Å². The summed E-state index contributed by atoms with van der Waals surface area (Å²) in [5, 5.41) is 0. The highest BCUT2D eigenvalue weighted by Crippen LogP contribution is 2.25. The van der Waals surface area contributed by atoms with Gasteiger partial charge in [-0.3, -0.25) is 0 Å². The van der Waals surface area contributed by atoms with E-state index in [1.54, 1.807) is 6.92 Å². The molecule has 26 heavy (non-hydrogen) atoms. The summed E-state index contributed by atoms with van der Waals surface area (Å²) in [5.41, 5.74) is 1.60. The van der Waals surface area contributed by atoms with Crippen molar-refractivity contribution in [2.45, 2.75) is 39.0 Å². The summed E-state index contributed by atoms with van der Waals surface area (Å²) in [6.45, 7) is 8.85. The van der Waals surface area contributed by atoms with Gasteiger partial charge in [-0.2, -0.15) is 0 Å². The van der Waals surface area contributed by atoms with Gasteiger partial charge in [0.25, 0.3) is 0 Å². The Hall–Kier alpha value is -2.32. The highest BCUT2D eigenvalue weighted by molar-refractivity contribution is 7.99. The number of carbonyl (C=O) groups excluding carboxylic acids is 1. The second-order valence-electron chi connectivity index (χ2n) is 6.95. The van der Waals surface area contributed by atoms with E-state index in [0.29, 0.717) is 23.4 Å². The summed E-state index contributed by atoms with van der Waals surface area (Å²) in [7, 11) is 0. The van der Waals surface area contributed by atoms with E-state index < -0.39 is 5.97 Å². The minimum absolute atomic E-state index is 0.324. The molecule has 0 bridgehead atoms. The Morgan fingerprint density at radius 1 is 1.12 bits per heavy atom. The molecule has 4 nitrogen and oxygen atoms in total. The van der Waals surface area contributed by atoms with Gasteiger partial charge in [-0.15, -0.1) is 11.8 Å². The molecule has 0 unspecified atom stereocenters. The molecular formula is C21H24N2O2S. The molecular weight excluding hydrogens is 344 g/mol. The van der Waals surface area contributed by atoms with Crippen LogP contribution >= 0.6 is 11.8 Å². The van der Waals surface area contributed by atoms with E-state index in [4.69, 9.17) is 4.74 Å². The van der Waals surface area contributed by atoms with Gasteiger partial charge >= 0.3 is 5.97 Å². The quantitative estimate of drug-likeness (QED) is 0.439. The van der Waals surface area contributed by atoms with Gasteiger partial charge in [0.1, 0.15) is 0 Å². The fourth-order valence-electron chi connectivity index (χ4n) is 1.95. The lowest BCUT2D eigenvalue weighted by molar-refractivity contribution is 0.0525. The molecule has 136 valence electrons. The van der Waals surface area contributed by atoms with Crippen LogP contribution in [0.25, 0.3) is 0 Å². The number of aromatic nitrogens is 2. The third-order valence-corrected chi connectivity index (χ3v) is 4.47. The van der Waals surface area contributed by atoms with Crippen molar-refractivity contribution < 1.29 is 9.53 Å². The van der Waals surface area contributed by atoms with Crippen molar-refractivity contribution in [2.24, 2.45) is 5.41 Å². The van der Waals surface area contributed by atoms with E-state index in [2.05, 4.69) is 54.7 Å². The number of hydrogen-bond donors (Lipinski definition) is 0. The molecule has 0 spiro atoms. The van der Waals surface area contributed by atoms with Gasteiger partial charge in [-0.05, 0) is 54.7 Å². The van der Waals surface area contributed by atoms with Crippen LogP contribution in [0.5, 0.6) is 0 Å². The molecule has 0 aliphatic carbocycles. The first-order chi connectivity index (χ1) is 12.4. The zero-order valence-electron chi connectivity index (χ0n) is 15.7. The van der Waals surface area contributed by atoms with Crippen LogP contribution in [-0.4, -0.2) is 28.3 Å². The first-order valence-electron chi connectivity index (χ1n) is 8.61. The van der Waals surface area contributed by atoms with Gasteiger partial charge < -0.3 is 4.74 Å². The smallest absolute Gasteiger partial charge is 0.341 e. The summed E-state index contributed by atoms with van der Waals surface area (Å²) in [5.74, 6) is 7.01. The van der Waals surface area contributed by atoms with Crippen molar-refractivity contribution in [3.05, 3.63) is 53.6 Å². The fourth-order valence-corrected chi connectivity index (χ4v) is 3.23. The van der Waals surface area contributed by atoms with Crippen molar-refractivity contribution in [2.75, 3.05) is 12.4 Å². The fraction of sp³-hybridized carbons (Fsp3) is 0.381. The molecule has 0 aliphatic heterocycles. The van der Waals surface area contributed by atoms with Gasteiger partial charge in [0, 0.05) is 22.9 Å². The SMILES string of the molecule is CCOC(=O)c1cnc(C#Cc2ccc(SCCC(C)(C)C)cc2)nc1. The average molecular weight is 369 g/mol. The van der Waals surface area contributed by atoms with E-state index >= 15 is 0 Å². The van der Waals surface area contributed by atoms with Crippen molar-refractivity contribution in [1.29, 1.82) is 0 Å². The van der Waals surface area contributed by atoms with Crippen molar-refractivity contribution in [3.63, 3.8) is 0 Å². The monoisotopic (exact) mass is 368 g/mol. The average Bonchev–Trinajstić information content (AvgIpc) is 2.61. The Morgan fingerprint density at radius 3 is 2.35 bits per heavy atom. The molecule has 1 aromatic heterocycles. The molecule has 2 aromatic rings. The minimum Gasteiger partial charge on any atom is -0.462 e. The van der Waals surface area contributed by atoms with E-state index in [1.807, 2.05) is 23.9 Å². The number of hydrogen-bond acceptors (Lipinski definition) is 5. The van der Waals surface area contributed by atoms with Gasteiger partial charge in [-0.1, -0.05) is 26.7 Å². The third-order valence-electron chi connectivity index (χ3n) is 3.46. The molecule has 1 heterocycles. The summed E-state index contributed by atoms with van der Waals surface area (Å²) < 4.78 is 4.90. The van der Waals surface area contributed by atoms with Crippen molar-refractivity contribution >= 4 is 17.7 Å². The van der Waals surface area contributed by atoms with E-state index in [1.165, 1.54) is 23.7 Å². The first kappa shape index (κ1) is 20.0. The number of ether oxygens (including phenoxy) is 1. The zero-order valence-corrected chi connectivity index (χ0v) is 16.5. The largest absolute Gasteiger partial charge is 0.462 e. The van der Waals surface area contributed by atoms with Crippen LogP contribution in [0.1, 0.15) is 55.9 Å². The van der Waals surface area contributed by atoms with Crippen molar-refractivity contribution in [1.82, 2.24) is 9.97 Å². The van der Waals surface area contributed by atoms with Crippen LogP contribution in [0.15, 0.2) is 41.6 Å². The molecule has 0 saturated heterocycles. The molecule has 0 atom stereocenters. The molecule has 0 aliphatic rings. The summed E-state index contributed by atoms with van der Waals surface area (Å²) in [6, 6.07) is 8.17. The summed E-state index contributed by atoms with van der Waals surface area (Å²) in [4.78, 5) is 21.0. The predicted octanol–water partition coefficient (Wildman–Crippen LogP) is 4.58. The lowest BCUT2D eigenvalue weighted by atomic mass is 9.94. The molecule has 1 aromatic carbocycles. The maximum absolute atomic E-state index is 11.6. The number of esters is 1. The molecule has 0 radical (unpaired) electrons. The Bertz CT molecular complexity index is 782. The number of carbonyl (C=O) groups is 1.